The summed E-state index contributed by atoms with van der Waals surface area (Å²) >= 11 is 1.40. The molecule has 6 heteroatoms. The molecule has 1 fully saturated rings. The van der Waals surface area contributed by atoms with E-state index in [1.807, 2.05) is 31.2 Å². The van der Waals surface area contributed by atoms with E-state index in [1.54, 1.807) is 17.0 Å². The van der Waals surface area contributed by atoms with Crippen LogP contribution in [0, 0.1) is 6.92 Å². The van der Waals surface area contributed by atoms with Crippen LogP contribution >= 0.6 is 11.3 Å². The minimum atomic E-state index is -1.79. The summed E-state index contributed by atoms with van der Waals surface area (Å²) in [5, 5.41) is 11.4. The van der Waals surface area contributed by atoms with Gasteiger partial charge in [0.25, 0.3) is 5.91 Å². The van der Waals surface area contributed by atoms with Gasteiger partial charge in [-0.3, -0.25) is 19.4 Å². The molecule has 4 rings (SSSR count). The van der Waals surface area contributed by atoms with Crippen molar-refractivity contribution in [2.75, 3.05) is 24.7 Å². The lowest BCUT2D eigenvalue weighted by Crippen LogP contribution is -2.46. The zero-order valence-electron chi connectivity index (χ0n) is 16.2. The topological polar surface area (TPSA) is 60.9 Å². The van der Waals surface area contributed by atoms with Gasteiger partial charge in [0, 0.05) is 10.4 Å². The Morgan fingerprint density at radius 2 is 1.82 bits per heavy atom. The van der Waals surface area contributed by atoms with Gasteiger partial charge in [-0.1, -0.05) is 31.0 Å². The molecule has 0 saturated carbocycles. The van der Waals surface area contributed by atoms with E-state index in [0.29, 0.717) is 17.1 Å². The van der Waals surface area contributed by atoms with Crippen LogP contribution in [0.5, 0.6) is 0 Å². The maximum atomic E-state index is 13.3. The first-order valence-electron chi connectivity index (χ1n) is 9.95. The number of rotatable bonds is 5. The fraction of sp³-hybridized carbons (Fsp3) is 0.455. The number of hydrogen-bond donors (Lipinski definition) is 1. The Balaban J connectivity index is 1.61. The standard InChI is InChI=1S/C22H26N2O3S/c1-16-10-11-20(28-16)19(25)14-22(27)17-8-4-5-9-18(17)24(21(22)26)15-23-12-6-2-3-7-13-23/h4-5,8-11,27H,2-3,6-7,12-15H2,1H3/t22-/m1/s1. The number of Topliss-reactive ketones (excluding diaryl/α,β-unsaturated/α-hetero) is 1. The molecule has 28 heavy (non-hydrogen) atoms. The quantitative estimate of drug-likeness (QED) is 0.780. The average Bonchev–Trinajstić information content (AvgIpc) is 3.07. The first-order valence-corrected chi connectivity index (χ1v) is 10.8. The molecule has 1 aromatic heterocycles. The summed E-state index contributed by atoms with van der Waals surface area (Å²) in [6.07, 6.45) is 4.48. The van der Waals surface area contributed by atoms with Gasteiger partial charge in [0.1, 0.15) is 0 Å². The first kappa shape index (κ1) is 19.3. The third-order valence-electron chi connectivity index (χ3n) is 5.71. The molecule has 2 aliphatic rings. The smallest absolute Gasteiger partial charge is 0.265 e. The molecule has 1 saturated heterocycles. The summed E-state index contributed by atoms with van der Waals surface area (Å²) in [6, 6.07) is 11.0. The van der Waals surface area contributed by atoms with Gasteiger partial charge in [0.05, 0.1) is 23.7 Å². The van der Waals surface area contributed by atoms with Crippen molar-refractivity contribution in [2.24, 2.45) is 0 Å². The lowest BCUT2D eigenvalue weighted by molar-refractivity contribution is -0.136. The molecule has 148 valence electrons. The number of carbonyl (C=O) groups excluding carboxylic acids is 2. The molecular weight excluding hydrogens is 372 g/mol. The van der Waals surface area contributed by atoms with Gasteiger partial charge in [-0.05, 0) is 51.1 Å². The number of amides is 1. The van der Waals surface area contributed by atoms with E-state index in [9.17, 15) is 14.7 Å². The maximum Gasteiger partial charge on any atom is 0.265 e. The molecule has 1 amide bonds. The van der Waals surface area contributed by atoms with E-state index in [2.05, 4.69) is 4.90 Å². The Kier molecular flexibility index (Phi) is 5.36. The van der Waals surface area contributed by atoms with Crippen LogP contribution in [0.3, 0.4) is 0 Å². The molecule has 0 bridgehead atoms. The second-order valence-electron chi connectivity index (χ2n) is 7.79. The van der Waals surface area contributed by atoms with Gasteiger partial charge in [-0.15, -0.1) is 11.3 Å². The number of benzene rings is 1. The highest BCUT2D eigenvalue weighted by Gasteiger charge is 2.51. The molecule has 2 aromatic rings. The zero-order chi connectivity index (χ0) is 19.7. The van der Waals surface area contributed by atoms with Crippen molar-refractivity contribution >= 4 is 28.7 Å². The number of hydrogen-bond acceptors (Lipinski definition) is 5. The van der Waals surface area contributed by atoms with Gasteiger partial charge >= 0.3 is 0 Å². The molecule has 0 unspecified atom stereocenters. The molecule has 1 aromatic carbocycles. The predicted molar refractivity (Wildman–Crippen MR) is 111 cm³/mol. The number of ketones is 1. The van der Waals surface area contributed by atoms with Gasteiger partial charge in [0.15, 0.2) is 11.4 Å². The molecule has 2 aliphatic heterocycles. The maximum absolute atomic E-state index is 13.3. The van der Waals surface area contributed by atoms with Crippen molar-refractivity contribution in [3.8, 4) is 0 Å². The summed E-state index contributed by atoms with van der Waals surface area (Å²) in [5.74, 6) is -0.583. The Bertz CT molecular complexity index is 885. The Morgan fingerprint density at radius 3 is 2.50 bits per heavy atom. The molecule has 0 aliphatic carbocycles. The minimum absolute atomic E-state index is 0.194. The number of anilines is 1. The van der Waals surface area contributed by atoms with E-state index in [1.165, 1.54) is 24.2 Å². The number of fused-ring (bicyclic) bond motifs is 1. The second-order valence-corrected chi connectivity index (χ2v) is 9.08. The summed E-state index contributed by atoms with van der Waals surface area (Å²) in [5.41, 5.74) is -0.539. The molecular formula is C22H26N2O3S. The Hall–Kier alpha value is -2.02. The SMILES string of the molecule is Cc1ccc(C(=O)C[C@]2(O)C(=O)N(CN3CCCCCC3)c3ccccc32)s1. The van der Waals surface area contributed by atoms with Crippen molar-refractivity contribution < 1.29 is 14.7 Å². The first-order chi connectivity index (χ1) is 13.5. The fourth-order valence-electron chi connectivity index (χ4n) is 4.20. The largest absolute Gasteiger partial charge is 0.375 e. The van der Waals surface area contributed by atoms with Crippen molar-refractivity contribution in [1.29, 1.82) is 0 Å². The number of aryl methyl sites for hydroxylation is 1. The van der Waals surface area contributed by atoms with Crippen LogP contribution in [-0.4, -0.2) is 41.5 Å². The van der Waals surface area contributed by atoms with Crippen molar-refractivity contribution in [2.45, 2.75) is 44.6 Å². The van der Waals surface area contributed by atoms with Gasteiger partial charge in [-0.25, -0.2) is 0 Å². The summed E-state index contributed by atoms with van der Waals surface area (Å²) < 4.78 is 0. The summed E-state index contributed by atoms with van der Waals surface area (Å²) in [7, 11) is 0. The average molecular weight is 399 g/mol. The number of thiophene rings is 1. The van der Waals surface area contributed by atoms with E-state index in [-0.39, 0.29) is 18.1 Å². The lowest BCUT2D eigenvalue weighted by atomic mass is 9.89. The van der Waals surface area contributed by atoms with Crippen LogP contribution in [0.15, 0.2) is 36.4 Å². The molecule has 0 spiro atoms. The summed E-state index contributed by atoms with van der Waals surface area (Å²) in [6.45, 7) is 4.31. The van der Waals surface area contributed by atoms with E-state index in [0.717, 1.165) is 36.5 Å². The van der Waals surface area contributed by atoms with E-state index in [4.69, 9.17) is 0 Å². The number of likely N-dealkylation sites (tertiary alicyclic amines) is 1. The highest BCUT2D eigenvalue weighted by Crippen LogP contribution is 2.43. The minimum Gasteiger partial charge on any atom is -0.375 e. The number of nitrogens with zero attached hydrogens (tertiary/aromatic N) is 2. The number of aliphatic hydroxyl groups is 1. The van der Waals surface area contributed by atoms with Crippen molar-refractivity contribution in [3.05, 3.63) is 51.7 Å². The number of carbonyl (C=O) groups is 2. The van der Waals surface area contributed by atoms with Gasteiger partial charge in [-0.2, -0.15) is 0 Å². The predicted octanol–water partition coefficient (Wildman–Crippen LogP) is 3.70. The fourth-order valence-corrected chi connectivity index (χ4v) is 5.00. The van der Waals surface area contributed by atoms with Crippen LogP contribution in [0.4, 0.5) is 5.69 Å². The Labute approximate surface area is 169 Å². The van der Waals surface area contributed by atoms with E-state index < -0.39 is 5.60 Å². The van der Waals surface area contributed by atoms with Crippen LogP contribution in [0.2, 0.25) is 0 Å². The van der Waals surface area contributed by atoms with Crippen LogP contribution in [0.25, 0.3) is 0 Å². The lowest BCUT2D eigenvalue weighted by Gasteiger charge is -2.28. The molecule has 3 heterocycles. The molecule has 1 atom stereocenters. The second kappa shape index (κ2) is 7.78. The molecule has 0 radical (unpaired) electrons. The van der Waals surface area contributed by atoms with Gasteiger partial charge in [0.2, 0.25) is 0 Å². The monoisotopic (exact) mass is 398 g/mol. The molecule has 5 nitrogen and oxygen atoms in total. The van der Waals surface area contributed by atoms with Crippen LogP contribution in [0.1, 0.15) is 52.2 Å². The van der Waals surface area contributed by atoms with Crippen molar-refractivity contribution in [3.63, 3.8) is 0 Å². The Morgan fingerprint density at radius 1 is 1.11 bits per heavy atom. The van der Waals surface area contributed by atoms with Crippen LogP contribution in [-0.2, 0) is 10.4 Å². The third kappa shape index (κ3) is 3.52. The van der Waals surface area contributed by atoms with Gasteiger partial charge < -0.3 is 5.11 Å². The zero-order valence-corrected chi connectivity index (χ0v) is 17.0. The highest BCUT2D eigenvalue weighted by atomic mass is 32.1. The molecule has 1 N–H and O–H groups in total. The normalized spacial score (nSPS) is 22.9. The number of para-hydroxylation sites is 1. The van der Waals surface area contributed by atoms with Crippen LogP contribution < -0.4 is 4.90 Å². The van der Waals surface area contributed by atoms with E-state index >= 15 is 0 Å². The third-order valence-corrected chi connectivity index (χ3v) is 6.75. The van der Waals surface area contributed by atoms with Crippen molar-refractivity contribution in [1.82, 2.24) is 4.90 Å². The summed E-state index contributed by atoms with van der Waals surface area (Å²) in [4.78, 5) is 31.7. The highest BCUT2D eigenvalue weighted by molar-refractivity contribution is 7.14.